The molecule has 1 amide bonds. The Bertz CT molecular complexity index is 744. The summed E-state index contributed by atoms with van der Waals surface area (Å²) in [5.74, 6) is 0.0182. The number of hydrogen-bond acceptors (Lipinski definition) is 4. The molecule has 0 atom stereocenters. The molecule has 0 aliphatic rings. The third-order valence-electron chi connectivity index (χ3n) is 3.63. The first kappa shape index (κ1) is 17.5. The highest BCUT2D eigenvalue weighted by Crippen LogP contribution is 2.28. The molecular formula is C19H22N2O3. The van der Waals surface area contributed by atoms with E-state index in [9.17, 15) is 9.90 Å². The lowest BCUT2D eigenvalue weighted by molar-refractivity contribution is 0.0955. The third-order valence-corrected chi connectivity index (χ3v) is 3.63. The molecule has 2 N–H and O–H groups in total. The molecule has 0 radical (unpaired) electrons. The molecule has 2 rings (SSSR count). The zero-order valence-corrected chi connectivity index (χ0v) is 14.3. The minimum absolute atomic E-state index is 0.0208. The summed E-state index contributed by atoms with van der Waals surface area (Å²) in [6.07, 6.45) is 1.37. The fourth-order valence-corrected chi connectivity index (χ4v) is 2.15. The Morgan fingerprint density at radius 2 is 1.83 bits per heavy atom. The zero-order valence-electron chi connectivity index (χ0n) is 14.3. The first-order valence-corrected chi connectivity index (χ1v) is 7.63. The Balaban J connectivity index is 2.05. The Labute approximate surface area is 142 Å². The van der Waals surface area contributed by atoms with Crippen LogP contribution in [0.2, 0.25) is 0 Å². The van der Waals surface area contributed by atoms with E-state index < -0.39 is 0 Å². The predicted molar refractivity (Wildman–Crippen MR) is 94.9 cm³/mol. The van der Waals surface area contributed by atoms with Crippen LogP contribution in [0.25, 0.3) is 0 Å². The minimum atomic E-state index is -0.311. The summed E-state index contributed by atoms with van der Waals surface area (Å²) in [5.41, 5.74) is 4.62. The first-order chi connectivity index (χ1) is 11.3. The van der Waals surface area contributed by atoms with Crippen molar-refractivity contribution in [3.8, 4) is 11.5 Å². The Hall–Kier alpha value is -2.82. The van der Waals surface area contributed by atoms with Gasteiger partial charge in [0, 0.05) is 11.1 Å². The molecule has 5 heteroatoms. The number of nitrogens with zero attached hydrogens (tertiary/aromatic N) is 1. The lowest BCUT2D eigenvalue weighted by atomic mass is 9.87. The number of hydrogen-bond donors (Lipinski definition) is 2. The molecule has 5 nitrogen and oxygen atoms in total. The molecule has 0 saturated heterocycles. The van der Waals surface area contributed by atoms with Gasteiger partial charge in [0.1, 0.15) is 0 Å². The summed E-state index contributed by atoms with van der Waals surface area (Å²) in [4.78, 5) is 12.1. The number of carbonyl (C=O) groups excluding carboxylic acids is 1. The number of carbonyl (C=O) groups is 1. The van der Waals surface area contributed by atoms with Crippen molar-refractivity contribution in [2.45, 2.75) is 26.2 Å². The highest BCUT2D eigenvalue weighted by atomic mass is 16.5. The quantitative estimate of drug-likeness (QED) is 0.667. The topological polar surface area (TPSA) is 70.9 Å². The standard InChI is InChI=1S/C19H22N2O3/c1-19(2,3)15-10-8-13(9-11-15)18(23)21-20-12-14-6-5-7-16(24-4)17(14)22/h5-12,22H,1-4H3,(H,21,23)/b20-12+. The van der Waals surface area contributed by atoms with E-state index in [-0.39, 0.29) is 17.1 Å². The maximum atomic E-state index is 12.1. The van der Waals surface area contributed by atoms with Crippen LogP contribution >= 0.6 is 0 Å². The molecular weight excluding hydrogens is 304 g/mol. The lowest BCUT2D eigenvalue weighted by Crippen LogP contribution is -2.18. The van der Waals surface area contributed by atoms with Gasteiger partial charge in [0.25, 0.3) is 5.91 Å². The van der Waals surface area contributed by atoms with Crippen LogP contribution in [-0.4, -0.2) is 24.3 Å². The number of rotatable bonds is 4. The Morgan fingerprint density at radius 3 is 2.42 bits per heavy atom. The maximum Gasteiger partial charge on any atom is 0.271 e. The highest BCUT2D eigenvalue weighted by Gasteiger charge is 2.14. The average Bonchev–Trinajstić information content (AvgIpc) is 2.55. The number of aromatic hydroxyl groups is 1. The maximum absolute atomic E-state index is 12.1. The number of amides is 1. The van der Waals surface area contributed by atoms with Crippen molar-refractivity contribution in [2.24, 2.45) is 5.10 Å². The fraction of sp³-hybridized carbons (Fsp3) is 0.263. The van der Waals surface area contributed by atoms with E-state index in [0.29, 0.717) is 16.9 Å². The molecule has 126 valence electrons. The van der Waals surface area contributed by atoms with Crippen molar-refractivity contribution in [1.29, 1.82) is 0 Å². The molecule has 0 unspecified atom stereocenters. The molecule has 0 spiro atoms. The van der Waals surface area contributed by atoms with Gasteiger partial charge in [-0.2, -0.15) is 5.10 Å². The number of nitrogens with one attached hydrogen (secondary N) is 1. The Morgan fingerprint density at radius 1 is 1.17 bits per heavy atom. The van der Waals surface area contributed by atoms with Crippen molar-refractivity contribution >= 4 is 12.1 Å². The van der Waals surface area contributed by atoms with Crippen LogP contribution in [-0.2, 0) is 5.41 Å². The van der Waals surface area contributed by atoms with Crippen LogP contribution in [0.1, 0.15) is 42.3 Å². The molecule has 0 aliphatic heterocycles. The molecule has 0 heterocycles. The smallest absolute Gasteiger partial charge is 0.271 e. The van der Waals surface area contributed by atoms with Gasteiger partial charge in [-0.15, -0.1) is 0 Å². The molecule has 0 aromatic heterocycles. The molecule has 24 heavy (non-hydrogen) atoms. The van der Waals surface area contributed by atoms with Gasteiger partial charge in [0.05, 0.1) is 13.3 Å². The van der Waals surface area contributed by atoms with E-state index in [1.165, 1.54) is 13.3 Å². The van der Waals surface area contributed by atoms with Gasteiger partial charge in [-0.25, -0.2) is 5.43 Å². The summed E-state index contributed by atoms with van der Waals surface area (Å²) in [6.45, 7) is 6.35. The van der Waals surface area contributed by atoms with E-state index in [2.05, 4.69) is 31.3 Å². The summed E-state index contributed by atoms with van der Waals surface area (Å²) >= 11 is 0. The number of methoxy groups -OCH3 is 1. The number of phenolic OH excluding ortho intramolecular Hbond substituents is 1. The molecule has 0 fully saturated rings. The molecule has 2 aromatic carbocycles. The van der Waals surface area contributed by atoms with E-state index in [1.54, 1.807) is 30.3 Å². The zero-order chi connectivity index (χ0) is 17.7. The number of hydrazone groups is 1. The van der Waals surface area contributed by atoms with Gasteiger partial charge >= 0.3 is 0 Å². The summed E-state index contributed by atoms with van der Waals surface area (Å²) in [7, 11) is 1.47. The van der Waals surface area contributed by atoms with Crippen LogP contribution in [0.3, 0.4) is 0 Å². The average molecular weight is 326 g/mol. The number of para-hydroxylation sites is 1. The van der Waals surface area contributed by atoms with E-state index >= 15 is 0 Å². The second-order valence-electron chi connectivity index (χ2n) is 6.42. The lowest BCUT2D eigenvalue weighted by Gasteiger charge is -2.18. The summed E-state index contributed by atoms with van der Waals surface area (Å²) in [5, 5.41) is 13.8. The van der Waals surface area contributed by atoms with E-state index in [1.807, 2.05) is 12.1 Å². The monoisotopic (exact) mass is 326 g/mol. The van der Waals surface area contributed by atoms with Crippen LogP contribution < -0.4 is 10.2 Å². The van der Waals surface area contributed by atoms with Crippen molar-refractivity contribution in [2.75, 3.05) is 7.11 Å². The van der Waals surface area contributed by atoms with Gasteiger partial charge in [0.15, 0.2) is 11.5 Å². The third kappa shape index (κ3) is 4.13. The Kier molecular flexibility index (Phi) is 5.24. The normalized spacial score (nSPS) is 11.5. The molecule has 2 aromatic rings. The SMILES string of the molecule is COc1cccc(/C=N/NC(=O)c2ccc(C(C)(C)C)cc2)c1O. The number of phenols is 1. The number of ether oxygens (including phenoxy) is 1. The van der Waals surface area contributed by atoms with E-state index in [0.717, 1.165) is 5.56 Å². The van der Waals surface area contributed by atoms with Crippen molar-refractivity contribution in [3.63, 3.8) is 0 Å². The fourth-order valence-electron chi connectivity index (χ4n) is 2.15. The largest absolute Gasteiger partial charge is 0.504 e. The highest BCUT2D eigenvalue weighted by molar-refractivity contribution is 5.95. The second kappa shape index (κ2) is 7.17. The first-order valence-electron chi connectivity index (χ1n) is 7.63. The van der Waals surface area contributed by atoms with Gasteiger partial charge in [0.2, 0.25) is 0 Å². The van der Waals surface area contributed by atoms with E-state index in [4.69, 9.17) is 4.74 Å². The van der Waals surface area contributed by atoms with Crippen LogP contribution in [0.4, 0.5) is 0 Å². The van der Waals surface area contributed by atoms with Crippen LogP contribution in [0, 0.1) is 0 Å². The van der Waals surface area contributed by atoms with Crippen molar-refractivity contribution in [3.05, 3.63) is 59.2 Å². The van der Waals surface area contributed by atoms with Crippen LogP contribution in [0.15, 0.2) is 47.6 Å². The van der Waals surface area contributed by atoms with Crippen molar-refractivity contribution in [1.82, 2.24) is 5.43 Å². The predicted octanol–water partition coefficient (Wildman–Crippen LogP) is 3.46. The van der Waals surface area contributed by atoms with Crippen LogP contribution in [0.5, 0.6) is 11.5 Å². The van der Waals surface area contributed by atoms with Gasteiger partial charge in [-0.1, -0.05) is 39.0 Å². The van der Waals surface area contributed by atoms with Gasteiger partial charge < -0.3 is 9.84 Å². The molecule has 0 aliphatic carbocycles. The second-order valence-corrected chi connectivity index (χ2v) is 6.42. The summed E-state index contributed by atoms with van der Waals surface area (Å²) in [6, 6.07) is 12.5. The van der Waals surface area contributed by atoms with Gasteiger partial charge in [-0.3, -0.25) is 4.79 Å². The molecule has 0 saturated carbocycles. The molecule has 0 bridgehead atoms. The summed E-state index contributed by atoms with van der Waals surface area (Å²) < 4.78 is 5.02. The number of benzene rings is 2. The van der Waals surface area contributed by atoms with Crippen molar-refractivity contribution < 1.29 is 14.6 Å². The van der Waals surface area contributed by atoms with Gasteiger partial charge in [-0.05, 0) is 35.2 Å². The minimum Gasteiger partial charge on any atom is -0.504 e.